The van der Waals surface area contributed by atoms with Crippen molar-refractivity contribution >= 4 is 45.8 Å². The van der Waals surface area contributed by atoms with E-state index in [1.54, 1.807) is 12.1 Å². The molecule has 1 N–H and O–H groups in total. The van der Waals surface area contributed by atoms with E-state index in [0.29, 0.717) is 17.1 Å². The van der Waals surface area contributed by atoms with E-state index < -0.39 is 0 Å². The molecule has 3 nitrogen and oxygen atoms in total. The molecule has 2 aromatic carbocycles. The molecule has 0 spiro atoms. The van der Waals surface area contributed by atoms with Gasteiger partial charge in [-0.1, -0.05) is 23.7 Å². The summed E-state index contributed by atoms with van der Waals surface area (Å²) in [6.45, 7) is 0.641. The van der Waals surface area contributed by atoms with E-state index in [9.17, 15) is 4.79 Å². The Kier molecular flexibility index (Phi) is 5.25. The van der Waals surface area contributed by atoms with Gasteiger partial charge in [0.25, 0.3) is 0 Å². The van der Waals surface area contributed by atoms with Crippen molar-refractivity contribution in [2.24, 2.45) is 0 Å². The standard InChI is InChI=1S/C15H13ClINO2/c1-20-15(19)11-4-2-10(3-5-11)9-18-14-7-6-12(17)8-13(14)16/h2-8,18H,9H2,1H3. The Morgan fingerprint density at radius 1 is 1.25 bits per heavy atom. The van der Waals surface area contributed by atoms with E-state index in [0.717, 1.165) is 14.8 Å². The van der Waals surface area contributed by atoms with Crippen LogP contribution < -0.4 is 5.32 Å². The van der Waals surface area contributed by atoms with Gasteiger partial charge in [0, 0.05) is 10.1 Å². The summed E-state index contributed by atoms with van der Waals surface area (Å²) >= 11 is 8.37. The number of methoxy groups -OCH3 is 1. The summed E-state index contributed by atoms with van der Waals surface area (Å²) in [7, 11) is 1.37. The van der Waals surface area contributed by atoms with Gasteiger partial charge in [-0.15, -0.1) is 0 Å². The highest BCUT2D eigenvalue weighted by Crippen LogP contribution is 2.24. The molecule has 0 aromatic heterocycles. The predicted octanol–water partition coefficient (Wildman–Crippen LogP) is 4.34. The number of halogens is 2. The van der Waals surface area contributed by atoms with Crippen LogP contribution in [0.1, 0.15) is 15.9 Å². The lowest BCUT2D eigenvalue weighted by atomic mass is 10.1. The molecule has 0 aliphatic rings. The third-order valence-electron chi connectivity index (χ3n) is 2.79. The van der Waals surface area contributed by atoms with Gasteiger partial charge >= 0.3 is 5.97 Å². The molecule has 2 rings (SSSR count). The van der Waals surface area contributed by atoms with Crippen molar-refractivity contribution in [3.8, 4) is 0 Å². The highest BCUT2D eigenvalue weighted by atomic mass is 127. The van der Waals surface area contributed by atoms with Crippen LogP contribution in [-0.2, 0) is 11.3 Å². The largest absolute Gasteiger partial charge is 0.465 e. The maximum atomic E-state index is 11.3. The number of esters is 1. The Labute approximate surface area is 136 Å². The normalized spacial score (nSPS) is 10.2. The van der Waals surface area contributed by atoms with E-state index in [1.807, 2.05) is 30.3 Å². The van der Waals surface area contributed by atoms with Crippen LogP contribution in [0.4, 0.5) is 5.69 Å². The number of nitrogens with one attached hydrogen (secondary N) is 1. The molecule has 0 atom stereocenters. The Balaban J connectivity index is 2.02. The summed E-state index contributed by atoms with van der Waals surface area (Å²) in [4.78, 5) is 11.3. The van der Waals surface area contributed by atoms with Crippen LogP contribution in [0.3, 0.4) is 0 Å². The van der Waals surface area contributed by atoms with Gasteiger partial charge in [-0.25, -0.2) is 4.79 Å². The van der Waals surface area contributed by atoms with Crippen LogP contribution in [0.25, 0.3) is 0 Å². The van der Waals surface area contributed by atoms with E-state index in [-0.39, 0.29) is 5.97 Å². The van der Waals surface area contributed by atoms with Crippen molar-refractivity contribution in [2.45, 2.75) is 6.54 Å². The van der Waals surface area contributed by atoms with Gasteiger partial charge in [-0.2, -0.15) is 0 Å². The number of ether oxygens (including phenoxy) is 1. The average molecular weight is 402 g/mol. The monoisotopic (exact) mass is 401 g/mol. The van der Waals surface area contributed by atoms with Gasteiger partial charge < -0.3 is 10.1 Å². The molecule has 20 heavy (non-hydrogen) atoms. The van der Waals surface area contributed by atoms with Crippen LogP contribution in [-0.4, -0.2) is 13.1 Å². The Hall–Kier alpha value is -1.27. The van der Waals surface area contributed by atoms with Crippen molar-refractivity contribution in [2.75, 3.05) is 12.4 Å². The number of benzene rings is 2. The van der Waals surface area contributed by atoms with E-state index >= 15 is 0 Å². The van der Waals surface area contributed by atoms with Crippen molar-refractivity contribution in [3.05, 3.63) is 62.2 Å². The van der Waals surface area contributed by atoms with E-state index in [4.69, 9.17) is 11.6 Å². The third kappa shape index (κ3) is 3.86. The maximum absolute atomic E-state index is 11.3. The summed E-state index contributed by atoms with van der Waals surface area (Å²) < 4.78 is 5.76. The number of hydrogen-bond acceptors (Lipinski definition) is 3. The fourth-order valence-electron chi connectivity index (χ4n) is 1.71. The second kappa shape index (κ2) is 6.95. The van der Waals surface area contributed by atoms with Crippen LogP contribution >= 0.6 is 34.2 Å². The van der Waals surface area contributed by atoms with Gasteiger partial charge in [0.2, 0.25) is 0 Å². The molecule has 0 fully saturated rings. The minimum Gasteiger partial charge on any atom is -0.465 e. The molecule has 0 saturated heterocycles. The SMILES string of the molecule is COC(=O)c1ccc(CNc2ccc(I)cc2Cl)cc1. The first-order chi connectivity index (χ1) is 9.60. The number of rotatable bonds is 4. The first-order valence-corrected chi connectivity index (χ1v) is 7.42. The fourth-order valence-corrected chi connectivity index (χ4v) is 2.63. The highest BCUT2D eigenvalue weighted by Gasteiger charge is 2.05. The fraction of sp³-hybridized carbons (Fsp3) is 0.133. The molecular formula is C15H13ClINO2. The molecule has 0 aliphatic carbocycles. The minimum atomic E-state index is -0.329. The van der Waals surface area contributed by atoms with Gasteiger partial charge in [-0.05, 0) is 58.5 Å². The second-order valence-corrected chi connectivity index (χ2v) is 5.82. The van der Waals surface area contributed by atoms with Crippen LogP contribution in [0.2, 0.25) is 5.02 Å². The zero-order valence-corrected chi connectivity index (χ0v) is 13.7. The lowest BCUT2D eigenvalue weighted by Crippen LogP contribution is -2.03. The topological polar surface area (TPSA) is 38.3 Å². The second-order valence-electron chi connectivity index (χ2n) is 4.17. The van der Waals surface area contributed by atoms with Crippen LogP contribution in [0, 0.1) is 3.57 Å². The highest BCUT2D eigenvalue weighted by molar-refractivity contribution is 14.1. The molecule has 0 saturated carbocycles. The molecule has 2 aromatic rings. The summed E-state index contributed by atoms with van der Waals surface area (Å²) in [6.07, 6.45) is 0. The maximum Gasteiger partial charge on any atom is 0.337 e. The smallest absolute Gasteiger partial charge is 0.337 e. The summed E-state index contributed by atoms with van der Waals surface area (Å²) in [6, 6.07) is 13.1. The zero-order valence-electron chi connectivity index (χ0n) is 10.8. The lowest BCUT2D eigenvalue weighted by molar-refractivity contribution is 0.0600. The van der Waals surface area contributed by atoms with Crippen molar-refractivity contribution < 1.29 is 9.53 Å². The van der Waals surface area contributed by atoms with Gasteiger partial charge in [0.1, 0.15) is 0 Å². The first kappa shape index (κ1) is 15.1. The Morgan fingerprint density at radius 3 is 2.55 bits per heavy atom. The van der Waals surface area contributed by atoms with E-state index in [2.05, 4.69) is 32.6 Å². The number of carbonyl (C=O) groups excluding carboxylic acids is 1. The van der Waals surface area contributed by atoms with Gasteiger partial charge in [-0.3, -0.25) is 0 Å². The minimum absolute atomic E-state index is 0.329. The molecule has 0 unspecified atom stereocenters. The predicted molar refractivity (Wildman–Crippen MR) is 89.3 cm³/mol. The van der Waals surface area contributed by atoms with Crippen molar-refractivity contribution in [1.82, 2.24) is 0 Å². The van der Waals surface area contributed by atoms with Gasteiger partial charge in [0.15, 0.2) is 0 Å². The average Bonchev–Trinajstić information content (AvgIpc) is 2.46. The molecule has 0 heterocycles. The number of carbonyl (C=O) groups is 1. The summed E-state index contributed by atoms with van der Waals surface area (Å²) in [5, 5.41) is 3.96. The number of anilines is 1. The van der Waals surface area contributed by atoms with Crippen LogP contribution in [0.15, 0.2) is 42.5 Å². The molecule has 104 valence electrons. The molecule has 0 radical (unpaired) electrons. The molecule has 5 heteroatoms. The van der Waals surface area contributed by atoms with Crippen LogP contribution in [0.5, 0.6) is 0 Å². The lowest BCUT2D eigenvalue weighted by Gasteiger charge is -2.09. The van der Waals surface area contributed by atoms with E-state index in [1.165, 1.54) is 7.11 Å². The molecule has 0 bridgehead atoms. The van der Waals surface area contributed by atoms with Gasteiger partial charge in [0.05, 0.1) is 23.4 Å². The Bertz CT molecular complexity index is 614. The summed E-state index contributed by atoms with van der Waals surface area (Å²) in [5.74, 6) is -0.329. The third-order valence-corrected chi connectivity index (χ3v) is 3.77. The molecular weight excluding hydrogens is 389 g/mol. The zero-order chi connectivity index (χ0) is 14.5. The Morgan fingerprint density at radius 2 is 1.95 bits per heavy atom. The number of hydrogen-bond donors (Lipinski definition) is 1. The molecule has 0 amide bonds. The summed E-state index contributed by atoms with van der Waals surface area (Å²) in [5.41, 5.74) is 2.50. The van der Waals surface area contributed by atoms with Crippen molar-refractivity contribution in [3.63, 3.8) is 0 Å². The quantitative estimate of drug-likeness (QED) is 0.612. The molecule has 0 aliphatic heterocycles. The van der Waals surface area contributed by atoms with Crippen molar-refractivity contribution in [1.29, 1.82) is 0 Å². The first-order valence-electron chi connectivity index (χ1n) is 5.96.